The molecule has 0 unspecified atom stereocenters. The maximum atomic E-state index is 12.3. The van der Waals surface area contributed by atoms with E-state index in [0.717, 1.165) is 26.9 Å². The zero-order valence-corrected chi connectivity index (χ0v) is 15.4. The Morgan fingerprint density at radius 1 is 1.00 bits per heavy atom. The smallest absolute Gasteiger partial charge is 0.255 e. The van der Waals surface area contributed by atoms with Crippen molar-refractivity contribution in [3.8, 4) is 0 Å². The number of thioether (sulfide) groups is 1. The number of carbonyl (C=O) groups is 1. The number of rotatable bonds is 5. The summed E-state index contributed by atoms with van der Waals surface area (Å²) in [5.74, 6) is 0.702. The van der Waals surface area contributed by atoms with Crippen molar-refractivity contribution < 1.29 is 4.79 Å². The van der Waals surface area contributed by atoms with E-state index in [0.29, 0.717) is 5.56 Å². The number of anilines is 1. The summed E-state index contributed by atoms with van der Waals surface area (Å²) < 4.78 is 2.27. The Hall–Kier alpha value is -2.70. The van der Waals surface area contributed by atoms with E-state index in [-0.39, 0.29) is 5.91 Å². The van der Waals surface area contributed by atoms with Crippen LogP contribution in [-0.4, -0.2) is 15.9 Å². The molecule has 0 atom stereocenters. The number of thiazole rings is 1. The Bertz CT molecular complexity index is 997. The molecule has 26 heavy (non-hydrogen) atoms. The van der Waals surface area contributed by atoms with E-state index in [9.17, 15) is 4.79 Å². The normalized spacial score (nSPS) is 10.8. The summed E-state index contributed by atoms with van der Waals surface area (Å²) in [7, 11) is 0. The number of fused-ring (bicyclic) bond motifs is 1. The van der Waals surface area contributed by atoms with Gasteiger partial charge in [0.2, 0.25) is 0 Å². The second-order valence-electron chi connectivity index (χ2n) is 5.62. The summed E-state index contributed by atoms with van der Waals surface area (Å²) in [5.41, 5.74) is 3.58. The summed E-state index contributed by atoms with van der Waals surface area (Å²) >= 11 is 3.42. The summed E-state index contributed by atoms with van der Waals surface area (Å²) in [4.78, 5) is 20.8. The van der Waals surface area contributed by atoms with Gasteiger partial charge in [-0.2, -0.15) is 0 Å². The van der Waals surface area contributed by atoms with Crippen LogP contribution in [0, 0.1) is 0 Å². The Kier molecular flexibility index (Phi) is 4.95. The Balaban J connectivity index is 1.38. The molecule has 0 aliphatic rings. The Morgan fingerprint density at radius 2 is 1.77 bits per heavy atom. The molecule has 0 aliphatic carbocycles. The molecular weight excluding hydrogens is 362 g/mol. The van der Waals surface area contributed by atoms with E-state index in [1.165, 1.54) is 4.70 Å². The third kappa shape index (κ3) is 3.92. The van der Waals surface area contributed by atoms with Crippen LogP contribution in [0.3, 0.4) is 0 Å². The molecule has 128 valence electrons. The number of para-hydroxylation sites is 1. The van der Waals surface area contributed by atoms with Crippen LogP contribution in [-0.2, 0) is 5.75 Å². The SMILES string of the molecule is O=C(Nc1ccncc1)c1ccc(CSc2nc3ccccc3s2)cc1. The molecule has 2 aromatic heterocycles. The molecule has 0 radical (unpaired) electrons. The Morgan fingerprint density at radius 3 is 2.54 bits per heavy atom. The molecule has 0 fully saturated rings. The number of nitrogens with one attached hydrogen (secondary N) is 1. The topological polar surface area (TPSA) is 54.9 Å². The minimum atomic E-state index is -0.124. The van der Waals surface area contributed by atoms with Crippen LogP contribution in [0.15, 0.2) is 77.4 Å². The lowest BCUT2D eigenvalue weighted by Crippen LogP contribution is -2.11. The molecule has 4 rings (SSSR count). The minimum absolute atomic E-state index is 0.124. The zero-order valence-electron chi connectivity index (χ0n) is 13.8. The van der Waals surface area contributed by atoms with Gasteiger partial charge in [0, 0.05) is 29.4 Å². The van der Waals surface area contributed by atoms with Gasteiger partial charge in [0.05, 0.1) is 10.2 Å². The number of pyridine rings is 1. The third-order valence-electron chi connectivity index (χ3n) is 3.79. The molecule has 4 aromatic rings. The van der Waals surface area contributed by atoms with Crippen molar-refractivity contribution in [2.45, 2.75) is 10.1 Å². The molecule has 0 aliphatic heterocycles. The van der Waals surface area contributed by atoms with E-state index in [2.05, 4.69) is 21.4 Å². The van der Waals surface area contributed by atoms with Crippen LogP contribution in [0.4, 0.5) is 5.69 Å². The molecule has 2 aromatic carbocycles. The lowest BCUT2D eigenvalue weighted by atomic mass is 10.1. The van der Waals surface area contributed by atoms with Crippen LogP contribution < -0.4 is 5.32 Å². The number of nitrogens with zero attached hydrogens (tertiary/aromatic N) is 2. The number of hydrogen-bond donors (Lipinski definition) is 1. The van der Waals surface area contributed by atoms with Crippen molar-refractivity contribution in [3.05, 3.63) is 84.2 Å². The van der Waals surface area contributed by atoms with Crippen molar-refractivity contribution in [1.82, 2.24) is 9.97 Å². The van der Waals surface area contributed by atoms with Gasteiger partial charge < -0.3 is 5.32 Å². The second-order valence-corrected chi connectivity index (χ2v) is 7.88. The average molecular weight is 377 g/mol. The third-order valence-corrected chi connectivity index (χ3v) is 6.04. The molecule has 2 heterocycles. The maximum absolute atomic E-state index is 12.3. The first-order chi connectivity index (χ1) is 12.8. The molecule has 1 N–H and O–H groups in total. The first kappa shape index (κ1) is 16.8. The quantitative estimate of drug-likeness (QED) is 0.484. The first-order valence-corrected chi connectivity index (χ1v) is 9.87. The summed E-state index contributed by atoms with van der Waals surface area (Å²) in [6.45, 7) is 0. The first-order valence-electron chi connectivity index (χ1n) is 8.07. The van der Waals surface area contributed by atoms with Crippen LogP contribution in [0.2, 0.25) is 0 Å². The zero-order chi connectivity index (χ0) is 17.8. The highest BCUT2D eigenvalue weighted by atomic mass is 32.2. The van der Waals surface area contributed by atoms with Gasteiger partial charge >= 0.3 is 0 Å². The van der Waals surface area contributed by atoms with Gasteiger partial charge in [-0.15, -0.1) is 11.3 Å². The van der Waals surface area contributed by atoms with E-state index < -0.39 is 0 Å². The molecule has 4 nitrogen and oxygen atoms in total. The minimum Gasteiger partial charge on any atom is -0.322 e. The lowest BCUT2D eigenvalue weighted by molar-refractivity contribution is 0.102. The second kappa shape index (κ2) is 7.68. The van der Waals surface area contributed by atoms with Gasteiger partial charge in [0.15, 0.2) is 4.34 Å². The van der Waals surface area contributed by atoms with Gasteiger partial charge in [-0.25, -0.2) is 4.98 Å². The summed E-state index contributed by atoms with van der Waals surface area (Å²) in [5, 5.41) is 2.86. The molecule has 0 bridgehead atoms. The van der Waals surface area contributed by atoms with Gasteiger partial charge in [0.25, 0.3) is 5.91 Å². The van der Waals surface area contributed by atoms with Crippen molar-refractivity contribution in [1.29, 1.82) is 0 Å². The fourth-order valence-corrected chi connectivity index (χ4v) is 4.47. The van der Waals surface area contributed by atoms with Crippen LogP contribution >= 0.6 is 23.1 Å². The van der Waals surface area contributed by atoms with Gasteiger partial charge in [0.1, 0.15) is 0 Å². The van der Waals surface area contributed by atoms with E-state index >= 15 is 0 Å². The highest BCUT2D eigenvalue weighted by Gasteiger charge is 2.07. The van der Waals surface area contributed by atoms with Gasteiger partial charge in [-0.1, -0.05) is 36.0 Å². The monoisotopic (exact) mass is 377 g/mol. The number of hydrogen-bond acceptors (Lipinski definition) is 5. The molecule has 1 amide bonds. The standard InChI is InChI=1S/C20H15N3OS2/c24-19(22-16-9-11-21-12-10-16)15-7-5-14(6-8-15)13-25-20-23-17-3-1-2-4-18(17)26-20/h1-12H,13H2,(H,21,22,24). The molecule has 6 heteroatoms. The predicted molar refractivity (Wildman–Crippen MR) is 108 cm³/mol. The van der Waals surface area contributed by atoms with Crippen LogP contribution in [0.5, 0.6) is 0 Å². The molecule has 0 saturated carbocycles. The number of amides is 1. The van der Waals surface area contributed by atoms with E-state index in [1.54, 1.807) is 47.6 Å². The summed E-state index contributed by atoms with van der Waals surface area (Å²) in [6, 6.07) is 19.4. The molecular formula is C20H15N3OS2. The molecule has 0 spiro atoms. The summed E-state index contributed by atoms with van der Waals surface area (Å²) in [6.07, 6.45) is 3.30. The van der Waals surface area contributed by atoms with E-state index in [4.69, 9.17) is 0 Å². The van der Waals surface area contributed by atoms with Crippen LogP contribution in [0.1, 0.15) is 15.9 Å². The van der Waals surface area contributed by atoms with Gasteiger partial charge in [-0.3, -0.25) is 9.78 Å². The average Bonchev–Trinajstić information content (AvgIpc) is 3.10. The van der Waals surface area contributed by atoms with Gasteiger partial charge in [-0.05, 0) is 42.0 Å². The largest absolute Gasteiger partial charge is 0.322 e. The lowest BCUT2D eigenvalue weighted by Gasteiger charge is -2.05. The predicted octanol–water partition coefficient (Wildman–Crippen LogP) is 5.24. The highest BCUT2D eigenvalue weighted by Crippen LogP contribution is 2.31. The fraction of sp³-hybridized carbons (Fsp3) is 0.0500. The van der Waals surface area contributed by atoms with Crippen molar-refractivity contribution in [3.63, 3.8) is 0 Å². The Labute approximate surface area is 159 Å². The number of carbonyl (C=O) groups excluding carboxylic acids is 1. The fourth-order valence-electron chi connectivity index (χ4n) is 2.45. The molecule has 0 saturated heterocycles. The van der Waals surface area contributed by atoms with Crippen LogP contribution in [0.25, 0.3) is 10.2 Å². The van der Waals surface area contributed by atoms with Crippen molar-refractivity contribution in [2.24, 2.45) is 0 Å². The maximum Gasteiger partial charge on any atom is 0.255 e. The highest BCUT2D eigenvalue weighted by molar-refractivity contribution is 8.00. The van der Waals surface area contributed by atoms with Crippen molar-refractivity contribution in [2.75, 3.05) is 5.32 Å². The van der Waals surface area contributed by atoms with E-state index in [1.807, 2.05) is 42.5 Å². The number of aromatic nitrogens is 2. The van der Waals surface area contributed by atoms with Crippen molar-refractivity contribution >= 4 is 44.9 Å². The number of benzene rings is 2.